The number of aryl methyl sites for hydroxylation is 2. The van der Waals surface area contributed by atoms with Gasteiger partial charge in [0.05, 0.1) is 12.1 Å². The van der Waals surface area contributed by atoms with Crippen LogP contribution < -0.4 is 10.1 Å². The molecule has 2 aromatic rings. The van der Waals surface area contributed by atoms with Crippen molar-refractivity contribution in [2.75, 3.05) is 12.4 Å². The second-order valence-electron chi connectivity index (χ2n) is 5.33. The van der Waals surface area contributed by atoms with Crippen LogP contribution in [0.5, 0.6) is 5.75 Å². The number of carbonyl (C=O) groups excluding carboxylic acids is 1. The van der Waals surface area contributed by atoms with Gasteiger partial charge in [-0.25, -0.2) is 0 Å². The van der Waals surface area contributed by atoms with Gasteiger partial charge in [-0.05, 0) is 49.2 Å². The van der Waals surface area contributed by atoms with Crippen molar-refractivity contribution in [1.82, 2.24) is 0 Å². The van der Waals surface area contributed by atoms with Gasteiger partial charge in [-0.1, -0.05) is 35.4 Å². The standard InChI is InChI=1S/C19H17ClN2O2/c1-12-4-5-14(13(2)8-12)9-15(11-21)19(23)22-16-6-7-18(24-3)17(20)10-16/h4-10H,1-3H3,(H,22,23)/b15-9+. The van der Waals surface area contributed by atoms with Gasteiger partial charge in [0.25, 0.3) is 5.91 Å². The van der Waals surface area contributed by atoms with E-state index in [1.165, 1.54) is 7.11 Å². The van der Waals surface area contributed by atoms with Crippen molar-refractivity contribution in [2.45, 2.75) is 13.8 Å². The van der Waals surface area contributed by atoms with E-state index in [2.05, 4.69) is 5.32 Å². The SMILES string of the molecule is COc1ccc(NC(=O)/C(C#N)=C/c2ccc(C)cc2C)cc1Cl. The summed E-state index contributed by atoms with van der Waals surface area (Å²) in [4.78, 5) is 12.3. The Bertz CT molecular complexity index is 851. The largest absolute Gasteiger partial charge is 0.495 e. The van der Waals surface area contributed by atoms with Gasteiger partial charge < -0.3 is 10.1 Å². The maximum atomic E-state index is 12.3. The minimum Gasteiger partial charge on any atom is -0.495 e. The fourth-order valence-corrected chi connectivity index (χ4v) is 2.49. The van der Waals surface area contributed by atoms with Crippen LogP contribution in [0.4, 0.5) is 5.69 Å². The van der Waals surface area contributed by atoms with Crippen molar-refractivity contribution in [3.8, 4) is 11.8 Å². The van der Waals surface area contributed by atoms with Crippen LogP contribution in [0.25, 0.3) is 6.08 Å². The van der Waals surface area contributed by atoms with Crippen LogP contribution in [-0.4, -0.2) is 13.0 Å². The predicted octanol–water partition coefficient (Wildman–Crippen LogP) is 4.51. The number of carbonyl (C=O) groups is 1. The summed E-state index contributed by atoms with van der Waals surface area (Å²) >= 11 is 6.04. The number of anilines is 1. The summed E-state index contributed by atoms with van der Waals surface area (Å²) in [6, 6.07) is 12.7. The minimum absolute atomic E-state index is 0.0221. The first kappa shape index (κ1) is 17.6. The number of hydrogen-bond donors (Lipinski definition) is 1. The van der Waals surface area contributed by atoms with E-state index in [9.17, 15) is 10.1 Å². The van der Waals surface area contributed by atoms with Crippen LogP contribution in [0.15, 0.2) is 42.0 Å². The summed E-state index contributed by atoms with van der Waals surface area (Å²) < 4.78 is 5.07. The van der Waals surface area contributed by atoms with Crippen molar-refractivity contribution in [1.29, 1.82) is 5.26 Å². The molecule has 24 heavy (non-hydrogen) atoms. The molecule has 0 aromatic heterocycles. The van der Waals surface area contributed by atoms with E-state index in [0.717, 1.165) is 16.7 Å². The van der Waals surface area contributed by atoms with E-state index in [-0.39, 0.29) is 5.57 Å². The van der Waals surface area contributed by atoms with Crippen LogP contribution in [0, 0.1) is 25.2 Å². The number of nitrogens with zero attached hydrogens (tertiary/aromatic N) is 1. The summed E-state index contributed by atoms with van der Waals surface area (Å²) in [5.41, 5.74) is 3.48. The zero-order chi connectivity index (χ0) is 17.7. The summed E-state index contributed by atoms with van der Waals surface area (Å²) in [6.07, 6.45) is 1.58. The topological polar surface area (TPSA) is 62.1 Å². The molecule has 0 aliphatic rings. The Kier molecular flexibility index (Phi) is 5.62. The lowest BCUT2D eigenvalue weighted by atomic mass is 10.0. The van der Waals surface area contributed by atoms with Crippen LogP contribution in [-0.2, 0) is 4.79 Å². The summed E-state index contributed by atoms with van der Waals surface area (Å²) in [5.74, 6) is 0.0275. The molecule has 2 rings (SSSR count). The zero-order valence-corrected chi connectivity index (χ0v) is 14.4. The maximum Gasteiger partial charge on any atom is 0.266 e. The van der Waals surface area contributed by atoms with Crippen LogP contribution in [0.3, 0.4) is 0 Å². The summed E-state index contributed by atoms with van der Waals surface area (Å²) in [5, 5.41) is 12.3. The Hall–Kier alpha value is -2.77. The molecule has 0 saturated heterocycles. The van der Waals surface area contributed by atoms with Gasteiger partial charge in [-0.2, -0.15) is 5.26 Å². The van der Waals surface area contributed by atoms with E-state index < -0.39 is 5.91 Å². The van der Waals surface area contributed by atoms with Gasteiger partial charge in [0.1, 0.15) is 17.4 Å². The number of rotatable bonds is 4. The Balaban J connectivity index is 2.24. The number of ether oxygens (including phenoxy) is 1. The molecule has 0 unspecified atom stereocenters. The number of benzene rings is 2. The van der Waals surface area contributed by atoms with Crippen molar-refractivity contribution in [2.24, 2.45) is 0 Å². The molecule has 122 valence electrons. The van der Waals surface area contributed by atoms with Crippen molar-refractivity contribution < 1.29 is 9.53 Å². The number of halogens is 1. The third kappa shape index (κ3) is 4.15. The summed E-state index contributed by atoms with van der Waals surface area (Å²) in [6.45, 7) is 3.93. The lowest BCUT2D eigenvalue weighted by Gasteiger charge is -2.08. The Morgan fingerprint density at radius 1 is 1.25 bits per heavy atom. The molecule has 0 aliphatic carbocycles. The molecular formula is C19H17ClN2O2. The molecule has 0 bridgehead atoms. The van der Waals surface area contributed by atoms with Gasteiger partial charge >= 0.3 is 0 Å². The Morgan fingerprint density at radius 3 is 2.58 bits per heavy atom. The molecular weight excluding hydrogens is 324 g/mol. The highest BCUT2D eigenvalue weighted by Crippen LogP contribution is 2.27. The third-order valence-corrected chi connectivity index (χ3v) is 3.80. The van der Waals surface area contributed by atoms with E-state index in [4.69, 9.17) is 16.3 Å². The molecule has 5 heteroatoms. The van der Waals surface area contributed by atoms with Crippen molar-refractivity contribution in [3.63, 3.8) is 0 Å². The Labute approximate surface area is 146 Å². The minimum atomic E-state index is -0.487. The molecule has 0 radical (unpaired) electrons. The zero-order valence-electron chi connectivity index (χ0n) is 13.7. The van der Waals surface area contributed by atoms with Gasteiger partial charge in [0.15, 0.2) is 0 Å². The highest BCUT2D eigenvalue weighted by Gasteiger charge is 2.11. The molecule has 0 atom stereocenters. The predicted molar refractivity (Wildman–Crippen MR) is 96.1 cm³/mol. The van der Waals surface area contributed by atoms with Gasteiger partial charge in [0, 0.05) is 5.69 Å². The number of amides is 1. The first-order chi connectivity index (χ1) is 11.4. The summed E-state index contributed by atoms with van der Waals surface area (Å²) in [7, 11) is 1.51. The first-order valence-electron chi connectivity index (χ1n) is 7.28. The molecule has 1 N–H and O–H groups in total. The molecule has 0 aliphatic heterocycles. The number of methoxy groups -OCH3 is 1. The van der Waals surface area contributed by atoms with Crippen LogP contribution in [0.1, 0.15) is 16.7 Å². The number of nitrogens with one attached hydrogen (secondary N) is 1. The molecule has 0 saturated carbocycles. The lowest BCUT2D eigenvalue weighted by Crippen LogP contribution is -2.13. The van der Waals surface area contributed by atoms with E-state index in [1.54, 1.807) is 24.3 Å². The van der Waals surface area contributed by atoms with Gasteiger partial charge in [-0.3, -0.25) is 4.79 Å². The second kappa shape index (κ2) is 7.67. The van der Waals surface area contributed by atoms with E-state index >= 15 is 0 Å². The van der Waals surface area contributed by atoms with Crippen LogP contribution in [0.2, 0.25) is 5.02 Å². The molecule has 4 nitrogen and oxygen atoms in total. The molecule has 0 spiro atoms. The smallest absolute Gasteiger partial charge is 0.266 e. The quantitative estimate of drug-likeness (QED) is 0.658. The normalized spacial score (nSPS) is 10.9. The fraction of sp³-hybridized carbons (Fsp3) is 0.158. The van der Waals surface area contributed by atoms with E-state index in [0.29, 0.717) is 16.5 Å². The third-order valence-electron chi connectivity index (χ3n) is 3.50. The lowest BCUT2D eigenvalue weighted by molar-refractivity contribution is -0.112. The molecule has 1 amide bonds. The average Bonchev–Trinajstić information content (AvgIpc) is 2.54. The average molecular weight is 341 g/mol. The highest BCUT2D eigenvalue weighted by atomic mass is 35.5. The number of hydrogen-bond acceptors (Lipinski definition) is 3. The van der Waals surface area contributed by atoms with Crippen molar-refractivity contribution >= 4 is 29.3 Å². The van der Waals surface area contributed by atoms with Gasteiger partial charge in [0.2, 0.25) is 0 Å². The van der Waals surface area contributed by atoms with E-state index in [1.807, 2.05) is 38.1 Å². The fourth-order valence-electron chi connectivity index (χ4n) is 2.23. The molecule has 2 aromatic carbocycles. The molecule has 0 heterocycles. The van der Waals surface area contributed by atoms with Crippen LogP contribution >= 0.6 is 11.6 Å². The highest BCUT2D eigenvalue weighted by molar-refractivity contribution is 6.32. The van der Waals surface area contributed by atoms with Crippen molar-refractivity contribution in [3.05, 3.63) is 63.7 Å². The Morgan fingerprint density at radius 2 is 2.00 bits per heavy atom. The molecule has 0 fully saturated rings. The first-order valence-corrected chi connectivity index (χ1v) is 7.66. The second-order valence-corrected chi connectivity index (χ2v) is 5.74. The maximum absolute atomic E-state index is 12.3. The number of nitriles is 1. The van der Waals surface area contributed by atoms with Gasteiger partial charge in [-0.15, -0.1) is 0 Å². The monoisotopic (exact) mass is 340 g/mol.